The molecule has 0 aromatic rings. The van der Waals surface area contributed by atoms with Crippen molar-refractivity contribution in [2.24, 2.45) is 5.92 Å². The van der Waals surface area contributed by atoms with E-state index in [0.717, 1.165) is 19.3 Å². The highest BCUT2D eigenvalue weighted by atomic mass is 16.5. The van der Waals surface area contributed by atoms with Gasteiger partial charge in [0.25, 0.3) is 0 Å². The van der Waals surface area contributed by atoms with Crippen LogP contribution >= 0.6 is 0 Å². The third-order valence-electron chi connectivity index (χ3n) is 4.15. The normalized spacial score (nSPS) is 29.3. The summed E-state index contributed by atoms with van der Waals surface area (Å²) in [5.74, 6) is 0.789. The van der Waals surface area contributed by atoms with E-state index in [-0.39, 0.29) is 18.1 Å². The number of carbonyl (C=O) groups is 1. The van der Waals surface area contributed by atoms with E-state index in [1.54, 1.807) is 7.11 Å². The maximum Gasteiger partial charge on any atom is 0.244 e. The molecule has 1 rings (SSSR count). The first-order valence-corrected chi connectivity index (χ1v) is 7.49. The molecule has 112 valence electrons. The van der Waals surface area contributed by atoms with Crippen molar-refractivity contribution in [3.8, 4) is 0 Å². The summed E-state index contributed by atoms with van der Waals surface area (Å²) in [5.41, 5.74) is -0.416. The fraction of sp³-hybridized carbons (Fsp3) is 0.933. The van der Waals surface area contributed by atoms with E-state index < -0.39 is 5.54 Å². The molecule has 0 bridgehead atoms. The predicted octanol–water partition coefficient (Wildman–Crippen LogP) is 2.38. The fourth-order valence-corrected chi connectivity index (χ4v) is 2.81. The van der Waals surface area contributed by atoms with E-state index in [2.05, 4.69) is 33.0 Å². The maximum absolute atomic E-state index is 12.7. The van der Waals surface area contributed by atoms with Crippen molar-refractivity contribution >= 4 is 5.91 Å². The SMILES string of the molecule is CCC(COC)N1C(=O)C(C)(CC)NC1CC(C)C. The lowest BCUT2D eigenvalue weighted by atomic mass is 9.99. The summed E-state index contributed by atoms with van der Waals surface area (Å²) in [6, 6.07) is 0.169. The monoisotopic (exact) mass is 270 g/mol. The number of carbonyl (C=O) groups excluding carboxylic acids is 1. The molecular weight excluding hydrogens is 240 g/mol. The zero-order valence-electron chi connectivity index (χ0n) is 13.3. The maximum atomic E-state index is 12.7. The van der Waals surface area contributed by atoms with Gasteiger partial charge in [0.05, 0.1) is 24.4 Å². The molecule has 1 amide bonds. The van der Waals surface area contributed by atoms with E-state index in [9.17, 15) is 4.79 Å². The predicted molar refractivity (Wildman–Crippen MR) is 77.9 cm³/mol. The minimum Gasteiger partial charge on any atom is -0.383 e. The van der Waals surface area contributed by atoms with Crippen LogP contribution in [-0.4, -0.2) is 42.3 Å². The molecule has 1 saturated heterocycles. The van der Waals surface area contributed by atoms with E-state index in [0.29, 0.717) is 12.5 Å². The van der Waals surface area contributed by atoms with E-state index >= 15 is 0 Å². The molecule has 1 fully saturated rings. The number of hydrogen-bond acceptors (Lipinski definition) is 3. The van der Waals surface area contributed by atoms with Gasteiger partial charge in [-0.3, -0.25) is 10.1 Å². The Morgan fingerprint density at radius 2 is 2.05 bits per heavy atom. The van der Waals surface area contributed by atoms with Gasteiger partial charge in [0.1, 0.15) is 0 Å². The largest absolute Gasteiger partial charge is 0.383 e. The van der Waals surface area contributed by atoms with Gasteiger partial charge in [-0.25, -0.2) is 0 Å². The van der Waals surface area contributed by atoms with Gasteiger partial charge in [0.15, 0.2) is 0 Å². The number of rotatable bonds is 7. The zero-order valence-corrected chi connectivity index (χ0v) is 13.3. The number of ether oxygens (including phenoxy) is 1. The number of hydrogen-bond donors (Lipinski definition) is 1. The highest BCUT2D eigenvalue weighted by molar-refractivity contribution is 5.88. The lowest BCUT2D eigenvalue weighted by Crippen LogP contribution is -2.47. The van der Waals surface area contributed by atoms with Crippen LogP contribution in [0.2, 0.25) is 0 Å². The summed E-state index contributed by atoms with van der Waals surface area (Å²) in [6.07, 6.45) is 2.87. The summed E-state index contributed by atoms with van der Waals surface area (Å²) < 4.78 is 5.29. The van der Waals surface area contributed by atoms with Crippen molar-refractivity contribution in [2.45, 2.75) is 71.6 Å². The zero-order chi connectivity index (χ0) is 14.6. The van der Waals surface area contributed by atoms with E-state index in [4.69, 9.17) is 4.74 Å². The summed E-state index contributed by atoms with van der Waals surface area (Å²) in [7, 11) is 1.70. The Morgan fingerprint density at radius 3 is 2.47 bits per heavy atom. The summed E-state index contributed by atoms with van der Waals surface area (Å²) in [5, 5.41) is 3.54. The summed E-state index contributed by atoms with van der Waals surface area (Å²) >= 11 is 0. The topological polar surface area (TPSA) is 41.6 Å². The Labute approximate surface area is 117 Å². The molecule has 3 unspecified atom stereocenters. The molecule has 4 nitrogen and oxygen atoms in total. The molecule has 0 spiro atoms. The smallest absolute Gasteiger partial charge is 0.244 e. The Balaban J connectivity index is 2.96. The standard InChI is InChI=1S/C15H30N2O2/c1-7-12(10-19-6)17-13(9-11(3)4)16-15(5,8-2)14(17)18/h11-13,16H,7-10H2,1-6H3. The molecule has 0 aliphatic carbocycles. The van der Waals surface area contributed by atoms with Crippen molar-refractivity contribution in [2.75, 3.05) is 13.7 Å². The van der Waals surface area contributed by atoms with Gasteiger partial charge >= 0.3 is 0 Å². The molecule has 1 aliphatic rings. The Morgan fingerprint density at radius 1 is 1.42 bits per heavy atom. The highest BCUT2D eigenvalue weighted by Crippen LogP contribution is 2.29. The van der Waals surface area contributed by atoms with Crippen molar-refractivity contribution in [1.29, 1.82) is 0 Å². The Kier molecular flexibility index (Phi) is 5.81. The van der Waals surface area contributed by atoms with Crippen LogP contribution in [0.4, 0.5) is 0 Å². The average molecular weight is 270 g/mol. The van der Waals surface area contributed by atoms with Gasteiger partial charge in [-0.1, -0.05) is 27.7 Å². The first-order valence-electron chi connectivity index (χ1n) is 7.49. The summed E-state index contributed by atoms with van der Waals surface area (Å²) in [6.45, 7) is 11.2. The van der Waals surface area contributed by atoms with E-state index in [1.165, 1.54) is 0 Å². The molecular formula is C15H30N2O2. The molecule has 19 heavy (non-hydrogen) atoms. The average Bonchev–Trinajstić information content (AvgIpc) is 2.59. The molecule has 4 heteroatoms. The quantitative estimate of drug-likeness (QED) is 0.772. The van der Waals surface area contributed by atoms with Crippen LogP contribution in [-0.2, 0) is 9.53 Å². The number of nitrogens with one attached hydrogen (secondary N) is 1. The van der Waals surface area contributed by atoms with Crippen molar-refractivity contribution in [1.82, 2.24) is 10.2 Å². The van der Waals surface area contributed by atoms with Crippen LogP contribution in [0.1, 0.15) is 53.9 Å². The van der Waals surface area contributed by atoms with Gasteiger partial charge in [0, 0.05) is 7.11 Å². The number of amides is 1. The van der Waals surface area contributed by atoms with Crippen LogP contribution in [0.5, 0.6) is 0 Å². The molecule has 0 aromatic heterocycles. The molecule has 1 N–H and O–H groups in total. The van der Waals surface area contributed by atoms with Gasteiger partial charge in [-0.2, -0.15) is 0 Å². The minimum atomic E-state index is -0.416. The Hall–Kier alpha value is -0.610. The third kappa shape index (κ3) is 3.48. The number of nitrogens with zero attached hydrogens (tertiary/aromatic N) is 1. The van der Waals surface area contributed by atoms with Gasteiger partial charge in [0.2, 0.25) is 5.91 Å². The van der Waals surface area contributed by atoms with Crippen LogP contribution in [0, 0.1) is 5.92 Å². The van der Waals surface area contributed by atoms with Gasteiger partial charge < -0.3 is 9.64 Å². The highest BCUT2D eigenvalue weighted by Gasteiger charge is 2.48. The summed E-state index contributed by atoms with van der Waals surface area (Å²) in [4.78, 5) is 14.8. The molecule has 0 aromatic carbocycles. The van der Waals surface area contributed by atoms with E-state index in [1.807, 2.05) is 11.8 Å². The third-order valence-corrected chi connectivity index (χ3v) is 4.15. The first kappa shape index (κ1) is 16.4. The molecule has 3 atom stereocenters. The van der Waals surface area contributed by atoms with Gasteiger partial charge in [-0.15, -0.1) is 0 Å². The van der Waals surface area contributed by atoms with Gasteiger partial charge in [-0.05, 0) is 32.1 Å². The lowest BCUT2D eigenvalue weighted by Gasteiger charge is -2.32. The van der Waals surface area contributed by atoms with Crippen molar-refractivity contribution < 1.29 is 9.53 Å². The van der Waals surface area contributed by atoms with Crippen LogP contribution in [0.15, 0.2) is 0 Å². The minimum absolute atomic E-state index is 0.137. The molecule has 0 saturated carbocycles. The molecule has 1 heterocycles. The molecule has 0 radical (unpaired) electrons. The molecule has 1 aliphatic heterocycles. The first-order chi connectivity index (χ1) is 8.89. The van der Waals surface area contributed by atoms with Crippen molar-refractivity contribution in [3.63, 3.8) is 0 Å². The van der Waals surface area contributed by atoms with Crippen molar-refractivity contribution in [3.05, 3.63) is 0 Å². The fourth-order valence-electron chi connectivity index (χ4n) is 2.81. The van der Waals surface area contributed by atoms with Crippen LogP contribution in [0.25, 0.3) is 0 Å². The van der Waals surface area contributed by atoms with Crippen LogP contribution < -0.4 is 5.32 Å². The second kappa shape index (κ2) is 6.71. The van der Waals surface area contributed by atoms with Crippen LogP contribution in [0.3, 0.4) is 0 Å². The lowest BCUT2D eigenvalue weighted by molar-refractivity contribution is -0.136. The second-order valence-corrected chi connectivity index (χ2v) is 6.21. The Bertz CT molecular complexity index is 307. The second-order valence-electron chi connectivity index (χ2n) is 6.21. The number of methoxy groups -OCH3 is 1.